The molecule has 0 aliphatic carbocycles. The normalized spacial score (nSPS) is 16.0. The summed E-state index contributed by atoms with van der Waals surface area (Å²) in [5.74, 6) is 1.49. The van der Waals surface area contributed by atoms with Gasteiger partial charge in [-0.3, -0.25) is 0 Å². The summed E-state index contributed by atoms with van der Waals surface area (Å²) in [6, 6.07) is 18.5. The van der Waals surface area contributed by atoms with Gasteiger partial charge in [0.1, 0.15) is 0 Å². The van der Waals surface area contributed by atoms with Crippen molar-refractivity contribution in [3.05, 3.63) is 65.7 Å². The molecule has 0 bridgehead atoms. The van der Waals surface area contributed by atoms with Crippen molar-refractivity contribution in [2.45, 2.75) is 6.54 Å². The number of hydrazone groups is 1. The van der Waals surface area contributed by atoms with E-state index in [1.807, 2.05) is 18.2 Å². The molecule has 1 aromatic heterocycles. The molecule has 11 heteroatoms. The number of anilines is 4. The van der Waals surface area contributed by atoms with Gasteiger partial charge in [0.2, 0.25) is 17.8 Å². The van der Waals surface area contributed by atoms with Gasteiger partial charge in [0.15, 0.2) is 0 Å². The number of aromatic nitrogens is 3. The molecule has 2 aliphatic rings. The predicted octanol–water partition coefficient (Wildman–Crippen LogP) is 3.02. The summed E-state index contributed by atoms with van der Waals surface area (Å²) in [6.45, 7) is 6.77. The maximum absolute atomic E-state index is 5.47. The van der Waals surface area contributed by atoms with Crippen LogP contribution in [0.1, 0.15) is 11.1 Å². The third kappa shape index (κ3) is 7.03. The Morgan fingerprint density at radius 1 is 0.778 bits per heavy atom. The molecule has 2 fully saturated rings. The number of nitrogens with one attached hydrogen (secondary N) is 2. The minimum atomic E-state index is 0. The average Bonchev–Trinajstić information content (AvgIpc) is 2.94. The molecule has 2 saturated heterocycles. The highest BCUT2D eigenvalue weighted by Crippen LogP contribution is 2.17. The van der Waals surface area contributed by atoms with Crippen LogP contribution in [0.3, 0.4) is 0 Å². The molecule has 0 atom stereocenters. The van der Waals surface area contributed by atoms with E-state index in [9.17, 15) is 0 Å². The molecule has 2 aromatic carbocycles. The van der Waals surface area contributed by atoms with Crippen LogP contribution in [0.4, 0.5) is 23.5 Å². The number of morpholine rings is 2. The van der Waals surface area contributed by atoms with Gasteiger partial charge in [0.25, 0.3) is 0 Å². The molecule has 0 spiro atoms. The third-order valence-electron chi connectivity index (χ3n) is 5.86. The number of halogens is 1. The van der Waals surface area contributed by atoms with E-state index in [1.165, 1.54) is 5.69 Å². The zero-order valence-corrected chi connectivity index (χ0v) is 20.9. The fourth-order valence-corrected chi connectivity index (χ4v) is 3.93. The minimum Gasteiger partial charge on any atom is -0.378 e. The number of nitrogens with zero attached hydrogens (tertiary/aromatic N) is 6. The Bertz CT molecular complexity index is 1100. The number of hydrogen-bond acceptors (Lipinski definition) is 10. The van der Waals surface area contributed by atoms with Gasteiger partial charge >= 0.3 is 0 Å². The van der Waals surface area contributed by atoms with E-state index in [0.717, 1.165) is 50.5 Å². The van der Waals surface area contributed by atoms with Crippen LogP contribution < -0.4 is 20.5 Å². The minimum absolute atomic E-state index is 0. The number of hydrogen-bond donors (Lipinski definition) is 2. The van der Waals surface area contributed by atoms with Crippen molar-refractivity contribution in [3.63, 3.8) is 0 Å². The summed E-state index contributed by atoms with van der Waals surface area (Å²) in [7, 11) is 0. The van der Waals surface area contributed by atoms with Crippen LogP contribution in [0, 0.1) is 0 Å². The standard InChI is InChI=1S/C25H30N8O2.ClH/c1-2-4-20(5-3-1)18-26-23-28-24(30-25(29-23)33-12-16-35-17-13-33)31-27-19-21-6-8-22(9-7-21)32-10-14-34-15-11-32;/h1-9,19H,10-18H2,(H2,26,28,29,30,31);1H/b27-19+;. The maximum Gasteiger partial charge on any atom is 0.250 e. The van der Waals surface area contributed by atoms with Gasteiger partial charge in [-0.25, -0.2) is 5.43 Å². The van der Waals surface area contributed by atoms with E-state index in [-0.39, 0.29) is 12.4 Å². The molecule has 2 aliphatic heterocycles. The van der Waals surface area contributed by atoms with Crippen LogP contribution in [-0.2, 0) is 16.0 Å². The third-order valence-corrected chi connectivity index (χ3v) is 5.86. The molecular formula is C25H31ClN8O2. The summed E-state index contributed by atoms with van der Waals surface area (Å²) in [5, 5.41) is 7.67. The Morgan fingerprint density at radius 3 is 2.11 bits per heavy atom. The first-order chi connectivity index (χ1) is 17.3. The zero-order valence-electron chi connectivity index (χ0n) is 20.0. The van der Waals surface area contributed by atoms with Gasteiger partial charge in [-0.15, -0.1) is 12.4 Å². The van der Waals surface area contributed by atoms with E-state index in [0.29, 0.717) is 37.6 Å². The summed E-state index contributed by atoms with van der Waals surface area (Å²) in [6.07, 6.45) is 1.76. The highest BCUT2D eigenvalue weighted by Gasteiger charge is 2.16. The molecule has 3 heterocycles. The topological polar surface area (TPSA) is 100 Å². The Morgan fingerprint density at radius 2 is 1.42 bits per heavy atom. The lowest BCUT2D eigenvalue weighted by Gasteiger charge is -2.28. The second kappa shape index (κ2) is 13.0. The lowest BCUT2D eigenvalue weighted by molar-refractivity contribution is 0.122. The van der Waals surface area contributed by atoms with Crippen LogP contribution in [0.2, 0.25) is 0 Å². The van der Waals surface area contributed by atoms with Gasteiger partial charge < -0.3 is 24.6 Å². The Balaban J connectivity index is 0.00000304. The van der Waals surface area contributed by atoms with Crippen molar-refractivity contribution in [2.24, 2.45) is 5.10 Å². The largest absolute Gasteiger partial charge is 0.378 e. The first-order valence-electron chi connectivity index (χ1n) is 11.9. The molecule has 0 saturated carbocycles. The first-order valence-corrected chi connectivity index (χ1v) is 11.9. The van der Waals surface area contributed by atoms with Crippen molar-refractivity contribution < 1.29 is 9.47 Å². The fourth-order valence-electron chi connectivity index (χ4n) is 3.93. The average molecular weight is 511 g/mol. The number of rotatable bonds is 8. The molecule has 0 unspecified atom stereocenters. The Hall–Kier alpha value is -3.47. The van der Waals surface area contributed by atoms with Crippen LogP contribution >= 0.6 is 12.4 Å². The number of ether oxygens (including phenoxy) is 2. The monoisotopic (exact) mass is 510 g/mol. The fraction of sp³-hybridized carbons (Fsp3) is 0.360. The van der Waals surface area contributed by atoms with Crippen molar-refractivity contribution >= 4 is 42.2 Å². The molecule has 5 rings (SSSR count). The van der Waals surface area contributed by atoms with E-state index in [1.54, 1.807) is 6.21 Å². The smallest absolute Gasteiger partial charge is 0.250 e. The molecule has 0 radical (unpaired) electrons. The summed E-state index contributed by atoms with van der Waals surface area (Å²) >= 11 is 0. The van der Waals surface area contributed by atoms with Crippen molar-refractivity contribution in [3.8, 4) is 0 Å². The molecule has 190 valence electrons. The Labute approximate surface area is 217 Å². The number of benzene rings is 2. The van der Waals surface area contributed by atoms with Crippen molar-refractivity contribution in [2.75, 3.05) is 73.1 Å². The van der Waals surface area contributed by atoms with Crippen LogP contribution in [0.5, 0.6) is 0 Å². The summed E-state index contributed by atoms with van der Waals surface area (Å²) < 4.78 is 10.9. The van der Waals surface area contributed by atoms with Gasteiger partial charge in [-0.1, -0.05) is 42.5 Å². The second-order valence-corrected chi connectivity index (χ2v) is 8.28. The molecule has 3 aromatic rings. The van der Waals surface area contributed by atoms with Gasteiger partial charge in [0, 0.05) is 38.4 Å². The quantitative estimate of drug-likeness (QED) is 0.350. The van der Waals surface area contributed by atoms with E-state index < -0.39 is 0 Å². The highest BCUT2D eigenvalue weighted by molar-refractivity contribution is 5.85. The highest BCUT2D eigenvalue weighted by atomic mass is 35.5. The Kier molecular flexibility index (Phi) is 9.26. The summed E-state index contributed by atoms with van der Waals surface area (Å²) in [5.41, 5.74) is 6.30. The van der Waals surface area contributed by atoms with Crippen LogP contribution in [0.25, 0.3) is 0 Å². The van der Waals surface area contributed by atoms with Crippen LogP contribution in [0.15, 0.2) is 59.7 Å². The lowest BCUT2D eigenvalue weighted by Crippen LogP contribution is -2.37. The second-order valence-electron chi connectivity index (χ2n) is 8.28. The zero-order chi connectivity index (χ0) is 23.7. The lowest BCUT2D eigenvalue weighted by atomic mass is 10.2. The van der Waals surface area contributed by atoms with E-state index in [4.69, 9.17) is 9.47 Å². The van der Waals surface area contributed by atoms with Crippen molar-refractivity contribution in [1.29, 1.82) is 0 Å². The maximum atomic E-state index is 5.47. The van der Waals surface area contributed by atoms with Gasteiger partial charge in [-0.2, -0.15) is 20.1 Å². The van der Waals surface area contributed by atoms with Crippen molar-refractivity contribution in [1.82, 2.24) is 15.0 Å². The molecule has 2 N–H and O–H groups in total. The SMILES string of the molecule is C(=N\Nc1nc(NCc2ccccc2)nc(N2CCOCC2)n1)/c1ccc(N2CCOCC2)cc1.Cl. The first kappa shape index (κ1) is 25.6. The van der Waals surface area contributed by atoms with Gasteiger partial charge in [-0.05, 0) is 23.3 Å². The van der Waals surface area contributed by atoms with E-state index >= 15 is 0 Å². The predicted molar refractivity (Wildman–Crippen MR) is 145 cm³/mol. The molecular weight excluding hydrogens is 480 g/mol. The molecule has 10 nitrogen and oxygen atoms in total. The van der Waals surface area contributed by atoms with Crippen LogP contribution in [-0.4, -0.2) is 73.8 Å². The van der Waals surface area contributed by atoms with Gasteiger partial charge in [0.05, 0.1) is 32.6 Å². The summed E-state index contributed by atoms with van der Waals surface area (Å²) in [4.78, 5) is 18.1. The molecule has 0 amide bonds. The molecule has 36 heavy (non-hydrogen) atoms. The van der Waals surface area contributed by atoms with E-state index in [2.05, 4.69) is 77.0 Å².